The maximum absolute atomic E-state index is 10.9. The van der Waals surface area contributed by atoms with Gasteiger partial charge in [0.2, 0.25) is 0 Å². The molecule has 1 aromatic heterocycles. The predicted octanol–water partition coefficient (Wildman–Crippen LogP) is 1.10. The van der Waals surface area contributed by atoms with Gasteiger partial charge >= 0.3 is 0 Å². The maximum atomic E-state index is 10.9. The Morgan fingerprint density at radius 2 is 2.00 bits per heavy atom. The molecule has 90 valence electrons. The summed E-state index contributed by atoms with van der Waals surface area (Å²) in [6.07, 6.45) is 3.60. The minimum absolute atomic E-state index is 0.260. The number of nitrogens with zero attached hydrogens (tertiary/aromatic N) is 3. The highest BCUT2D eigenvalue weighted by Gasteiger charge is 2.04. The van der Waals surface area contributed by atoms with Crippen LogP contribution in [0.15, 0.2) is 36.8 Å². The molecule has 0 aliphatic heterocycles. The molecule has 2 aromatic rings. The van der Waals surface area contributed by atoms with E-state index in [2.05, 4.69) is 11.1 Å². The fraction of sp³-hybridized carbons (Fsp3) is 0.154. The molecule has 0 bridgehead atoms. The molecule has 0 aliphatic rings. The zero-order valence-electron chi connectivity index (χ0n) is 9.71. The monoisotopic (exact) mass is 240 g/mol. The molecule has 0 radical (unpaired) electrons. The van der Waals surface area contributed by atoms with Crippen LogP contribution in [0.2, 0.25) is 0 Å². The lowest BCUT2D eigenvalue weighted by Gasteiger charge is -2.03. The first-order chi connectivity index (χ1) is 8.69. The molecule has 5 nitrogen and oxygen atoms in total. The Kier molecular flexibility index (Phi) is 3.39. The summed E-state index contributed by atoms with van der Waals surface area (Å²) in [7, 11) is 0. The van der Waals surface area contributed by atoms with E-state index in [0.717, 1.165) is 11.1 Å². The topological polar surface area (TPSA) is 84.7 Å². The van der Waals surface area contributed by atoms with Gasteiger partial charge in [0.25, 0.3) is 5.91 Å². The van der Waals surface area contributed by atoms with Gasteiger partial charge in [-0.3, -0.25) is 4.79 Å². The van der Waals surface area contributed by atoms with E-state index in [9.17, 15) is 4.79 Å². The highest BCUT2D eigenvalue weighted by Crippen LogP contribution is 2.07. The average molecular weight is 240 g/mol. The van der Waals surface area contributed by atoms with E-state index in [-0.39, 0.29) is 5.69 Å². The molecule has 0 spiro atoms. The maximum Gasteiger partial charge on any atom is 0.268 e. The van der Waals surface area contributed by atoms with Gasteiger partial charge in [-0.05, 0) is 11.1 Å². The Balaban J connectivity index is 2.08. The molecule has 18 heavy (non-hydrogen) atoms. The first-order valence-corrected chi connectivity index (χ1v) is 5.45. The number of nitriles is 1. The first-order valence-electron chi connectivity index (χ1n) is 5.45. The van der Waals surface area contributed by atoms with Crippen molar-refractivity contribution in [1.29, 1.82) is 5.26 Å². The molecular formula is C13H12N4O. The van der Waals surface area contributed by atoms with Gasteiger partial charge in [0.1, 0.15) is 5.69 Å². The number of aromatic nitrogens is 2. The summed E-state index contributed by atoms with van der Waals surface area (Å²) >= 11 is 0. The summed E-state index contributed by atoms with van der Waals surface area (Å²) < 4.78 is 1.79. The SMILES string of the molecule is N#CCc1ccc(Cn2cnc(C(N)=O)c2)cc1. The summed E-state index contributed by atoms with van der Waals surface area (Å²) in [6, 6.07) is 9.85. The van der Waals surface area contributed by atoms with Crippen molar-refractivity contribution in [3.8, 4) is 6.07 Å². The zero-order valence-corrected chi connectivity index (χ0v) is 9.71. The standard InChI is InChI=1S/C13H12N4O/c14-6-5-10-1-3-11(4-2-10)7-17-8-12(13(15)18)16-9-17/h1-4,8-9H,5,7H2,(H2,15,18). The Labute approximate surface area is 104 Å². The summed E-state index contributed by atoms with van der Waals surface area (Å²) in [5, 5.41) is 8.57. The number of primary amides is 1. The van der Waals surface area contributed by atoms with Crippen molar-refractivity contribution < 1.29 is 4.79 Å². The number of carbonyl (C=O) groups is 1. The van der Waals surface area contributed by atoms with Crippen molar-refractivity contribution in [2.45, 2.75) is 13.0 Å². The number of hydrogen-bond donors (Lipinski definition) is 1. The zero-order chi connectivity index (χ0) is 13.0. The summed E-state index contributed by atoms with van der Waals surface area (Å²) in [5.41, 5.74) is 7.45. The van der Waals surface area contributed by atoms with E-state index in [4.69, 9.17) is 11.0 Å². The Hall–Kier alpha value is -2.61. The Bertz CT molecular complexity index is 592. The molecule has 1 amide bonds. The molecule has 0 aliphatic carbocycles. The lowest BCUT2D eigenvalue weighted by atomic mass is 10.1. The van der Waals surface area contributed by atoms with Crippen molar-refractivity contribution in [3.63, 3.8) is 0 Å². The van der Waals surface area contributed by atoms with E-state index in [1.807, 2.05) is 24.3 Å². The smallest absolute Gasteiger partial charge is 0.268 e. The third-order valence-electron chi connectivity index (χ3n) is 2.56. The van der Waals surface area contributed by atoms with Crippen molar-refractivity contribution in [2.24, 2.45) is 5.73 Å². The number of benzene rings is 1. The molecule has 1 heterocycles. The number of carbonyl (C=O) groups excluding carboxylic acids is 1. The van der Waals surface area contributed by atoms with Crippen molar-refractivity contribution >= 4 is 5.91 Å². The number of hydrogen-bond acceptors (Lipinski definition) is 3. The lowest BCUT2D eigenvalue weighted by Crippen LogP contribution is -2.11. The van der Waals surface area contributed by atoms with E-state index in [0.29, 0.717) is 13.0 Å². The van der Waals surface area contributed by atoms with Crippen LogP contribution in [-0.2, 0) is 13.0 Å². The van der Waals surface area contributed by atoms with E-state index in [1.54, 1.807) is 17.1 Å². The van der Waals surface area contributed by atoms with Crippen LogP contribution in [0.3, 0.4) is 0 Å². The van der Waals surface area contributed by atoms with Gasteiger partial charge in [-0.2, -0.15) is 5.26 Å². The van der Waals surface area contributed by atoms with Gasteiger partial charge in [-0.15, -0.1) is 0 Å². The van der Waals surface area contributed by atoms with Crippen LogP contribution in [0.1, 0.15) is 21.6 Å². The molecule has 2 N–H and O–H groups in total. The second-order valence-corrected chi connectivity index (χ2v) is 3.95. The summed E-state index contributed by atoms with van der Waals surface area (Å²) in [4.78, 5) is 14.8. The van der Waals surface area contributed by atoms with E-state index >= 15 is 0 Å². The molecule has 0 saturated heterocycles. The van der Waals surface area contributed by atoms with E-state index in [1.165, 1.54) is 0 Å². The fourth-order valence-corrected chi connectivity index (χ4v) is 1.64. The molecule has 0 atom stereocenters. The largest absolute Gasteiger partial charge is 0.364 e. The second-order valence-electron chi connectivity index (χ2n) is 3.95. The van der Waals surface area contributed by atoms with Gasteiger partial charge < -0.3 is 10.3 Å². The Morgan fingerprint density at radius 3 is 2.56 bits per heavy atom. The van der Waals surface area contributed by atoms with Crippen molar-refractivity contribution in [3.05, 3.63) is 53.6 Å². The fourth-order valence-electron chi connectivity index (χ4n) is 1.64. The van der Waals surface area contributed by atoms with Crippen molar-refractivity contribution in [2.75, 3.05) is 0 Å². The van der Waals surface area contributed by atoms with Crippen LogP contribution < -0.4 is 5.73 Å². The number of rotatable bonds is 4. The quantitative estimate of drug-likeness (QED) is 0.868. The molecule has 0 fully saturated rings. The molecule has 2 rings (SSSR count). The van der Waals surface area contributed by atoms with Crippen LogP contribution in [0.5, 0.6) is 0 Å². The molecule has 5 heteroatoms. The molecule has 0 unspecified atom stereocenters. The molecule has 1 aromatic carbocycles. The summed E-state index contributed by atoms with van der Waals surface area (Å²) in [5.74, 6) is -0.530. The van der Waals surface area contributed by atoms with Crippen LogP contribution in [0.4, 0.5) is 0 Å². The van der Waals surface area contributed by atoms with Crippen LogP contribution >= 0.6 is 0 Å². The minimum Gasteiger partial charge on any atom is -0.364 e. The average Bonchev–Trinajstić information content (AvgIpc) is 2.81. The highest BCUT2D eigenvalue weighted by molar-refractivity contribution is 5.90. The van der Waals surface area contributed by atoms with Gasteiger partial charge in [0.05, 0.1) is 18.8 Å². The second kappa shape index (κ2) is 5.15. The van der Waals surface area contributed by atoms with E-state index < -0.39 is 5.91 Å². The van der Waals surface area contributed by atoms with Crippen LogP contribution in [-0.4, -0.2) is 15.5 Å². The minimum atomic E-state index is -0.530. The van der Waals surface area contributed by atoms with Crippen LogP contribution in [0.25, 0.3) is 0 Å². The first kappa shape index (κ1) is 11.9. The third kappa shape index (κ3) is 2.74. The summed E-state index contributed by atoms with van der Waals surface area (Å²) in [6.45, 7) is 0.618. The van der Waals surface area contributed by atoms with Gasteiger partial charge in [0.15, 0.2) is 0 Å². The third-order valence-corrected chi connectivity index (χ3v) is 2.56. The normalized spacial score (nSPS) is 9.94. The van der Waals surface area contributed by atoms with Gasteiger partial charge in [-0.1, -0.05) is 24.3 Å². The number of nitrogens with two attached hydrogens (primary N) is 1. The Morgan fingerprint density at radius 1 is 1.33 bits per heavy atom. The van der Waals surface area contributed by atoms with Gasteiger partial charge in [0, 0.05) is 12.7 Å². The number of imidazole rings is 1. The number of amides is 1. The van der Waals surface area contributed by atoms with Crippen LogP contribution in [0, 0.1) is 11.3 Å². The van der Waals surface area contributed by atoms with Gasteiger partial charge in [-0.25, -0.2) is 4.98 Å². The molecular weight excluding hydrogens is 228 g/mol. The molecule has 0 saturated carbocycles. The highest BCUT2D eigenvalue weighted by atomic mass is 16.1. The van der Waals surface area contributed by atoms with Crippen molar-refractivity contribution in [1.82, 2.24) is 9.55 Å². The lowest BCUT2D eigenvalue weighted by molar-refractivity contribution is 0.0996. The predicted molar refractivity (Wildman–Crippen MR) is 65.6 cm³/mol.